The van der Waals surface area contributed by atoms with E-state index in [1.165, 1.54) is 0 Å². The van der Waals surface area contributed by atoms with Gasteiger partial charge in [-0.1, -0.05) is 0 Å². The van der Waals surface area contributed by atoms with Crippen molar-refractivity contribution in [1.82, 2.24) is 20.5 Å². The van der Waals surface area contributed by atoms with Crippen molar-refractivity contribution >= 4 is 11.9 Å². The zero-order valence-corrected chi connectivity index (χ0v) is 13.3. The molecule has 1 saturated heterocycles. The Morgan fingerprint density at radius 2 is 2.08 bits per heavy atom. The van der Waals surface area contributed by atoms with E-state index >= 15 is 0 Å². The molecule has 2 aromatic rings. The number of piperidine rings is 1. The fourth-order valence-electron chi connectivity index (χ4n) is 2.68. The van der Waals surface area contributed by atoms with Gasteiger partial charge in [-0.25, -0.2) is 4.79 Å². The van der Waals surface area contributed by atoms with Gasteiger partial charge >= 0.3 is 6.03 Å². The molecule has 0 spiro atoms. The summed E-state index contributed by atoms with van der Waals surface area (Å²) in [5.74, 6) is 0.603. The predicted molar refractivity (Wildman–Crippen MR) is 87.2 cm³/mol. The number of pyridine rings is 1. The maximum atomic E-state index is 12.1. The number of carbonyl (C=O) groups is 2. The summed E-state index contributed by atoms with van der Waals surface area (Å²) in [6, 6.07) is 7.05. The van der Waals surface area contributed by atoms with Crippen LogP contribution in [0.25, 0.3) is 0 Å². The molecule has 1 fully saturated rings. The van der Waals surface area contributed by atoms with Crippen LogP contribution in [0.2, 0.25) is 0 Å². The average Bonchev–Trinajstić information content (AvgIpc) is 3.14. The Morgan fingerprint density at radius 3 is 2.75 bits per heavy atom. The van der Waals surface area contributed by atoms with Gasteiger partial charge in [-0.15, -0.1) is 0 Å². The second kappa shape index (κ2) is 7.63. The fraction of sp³-hybridized carbons (Fsp3) is 0.353. The highest BCUT2D eigenvalue weighted by Crippen LogP contribution is 2.11. The van der Waals surface area contributed by atoms with Crippen LogP contribution in [-0.4, -0.2) is 41.0 Å². The van der Waals surface area contributed by atoms with Gasteiger partial charge in [0.2, 0.25) is 0 Å². The van der Waals surface area contributed by atoms with Gasteiger partial charge in [-0.2, -0.15) is 0 Å². The third-order valence-corrected chi connectivity index (χ3v) is 4.04. The molecule has 2 aromatic heterocycles. The molecule has 7 nitrogen and oxygen atoms in total. The van der Waals surface area contributed by atoms with E-state index in [1.807, 2.05) is 6.07 Å². The Morgan fingerprint density at radius 1 is 1.25 bits per heavy atom. The zero-order valence-electron chi connectivity index (χ0n) is 13.3. The molecule has 1 aliphatic heterocycles. The van der Waals surface area contributed by atoms with Crippen LogP contribution in [-0.2, 0) is 6.54 Å². The smallest absolute Gasteiger partial charge is 0.317 e. The van der Waals surface area contributed by atoms with E-state index in [4.69, 9.17) is 4.42 Å². The Kier molecular flexibility index (Phi) is 5.10. The zero-order chi connectivity index (χ0) is 16.8. The molecule has 3 amide bonds. The Balaban J connectivity index is 1.42. The molecule has 3 rings (SSSR count). The molecule has 24 heavy (non-hydrogen) atoms. The molecule has 1 aliphatic rings. The molecule has 0 atom stereocenters. The molecule has 0 bridgehead atoms. The Hall–Kier alpha value is -2.83. The second-order valence-electron chi connectivity index (χ2n) is 5.71. The van der Waals surface area contributed by atoms with Crippen LogP contribution < -0.4 is 10.6 Å². The lowest BCUT2D eigenvalue weighted by atomic mass is 10.0. The van der Waals surface area contributed by atoms with Crippen molar-refractivity contribution in [2.75, 3.05) is 13.1 Å². The minimum Gasteiger partial charge on any atom is -0.467 e. The number of rotatable bonds is 4. The minimum absolute atomic E-state index is 0.0758. The van der Waals surface area contributed by atoms with Crippen LogP contribution in [0.1, 0.15) is 29.0 Å². The van der Waals surface area contributed by atoms with Gasteiger partial charge in [-0.3, -0.25) is 9.78 Å². The SMILES string of the molecule is O=C(NC1CCN(C(=O)NCc2ccco2)CC1)c1cccnc1. The summed E-state index contributed by atoms with van der Waals surface area (Å²) in [4.78, 5) is 29.9. The molecule has 7 heteroatoms. The number of nitrogens with one attached hydrogen (secondary N) is 2. The average molecular weight is 328 g/mol. The molecule has 0 aliphatic carbocycles. The normalized spacial score (nSPS) is 15.1. The van der Waals surface area contributed by atoms with Crippen LogP contribution in [0.3, 0.4) is 0 Å². The minimum atomic E-state index is -0.121. The quantitative estimate of drug-likeness (QED) is 0.895. The molecular formula is C17H20N4O3. The fourth-order valence-corrected chi connectivity index (χ4v) is 2.68. The maximum absolute atomic E-state index is 12.1. The predicted octanol–water partition coefficient (Wildman–Crippen LogP) is 1.78. The second-order valence-corrected chi connectivity index (χ2v) is 5.71. The van der Waals surface area contributed by atoms with E-state index in [1.54, 1.807) is 41.8 Å². The number of likely N-dealkylation sites (tertiary alicyclic amines) is 1. The van der Waals surface area contributed by atoms with Crippen LogP contribution in [0.4, 0.5) is 4.79 Å². The number of hydrogen-bond donors (Lipinski definition) is 2. The van der Waals surface area contributed by atoms with Crippen molar-refractivity contribution in [2.45, 2.75) is 25.4 Å². The first kappa shape index (κ1) is 16.0. The summed E-state index contributed by atoms with van der Waals surface area (Å²) in [5, 5.41) is 5.83. The van der Waals surface area contributed by atoms with Gasteiger partial charge in [0.25, 0.3) is 5.91 Å². The summed E-state index contributed by atoms with van der Waals surface area (Å²) in [6.45, 7) is 1.60. The first-order valence-corrected chi connectivity index (χ1v) is 7.98. The molecular weight excluding hydrogens is 308 g/mol. The van der Waals surface area contributed by atoms with Crippen LogP contribution in [0, 0.1) is 0 Å². The summed E-state index contributed by atoms with van der Waals surface area (Å²) in [7, 11) is 0. The molecule has 0 unspecified atom stereocenters. The molecule has 0 saturated carbocycles. The highest BCUT2D eigenvalue weighted by atomic mass is 16.3. The van der Waals surface area contributed by atoms with Gasteiger partial charge < -0.3 is 20.0 Å². The van der Waals surface area contributed by atoms with Crippen molar-refractivity contribution in [1.29, 1.82) is 0 Å². The third-order valence-electron chi connectivity index (χ3n) is 4.04. The molecule has 0 aromatic carbocycles. The summed E-state index contributed by atoms with van der Waals surface area (Å²) < 4.78 is 5.19. The van der Waals surface area contributed by atoms with Gasteiger partial charge in [0.15, 0.2) is 0 Å². The van der Waals surface area contributed by atoms with Crippen molar-refractivity contribution in [3.05, 3.63) is 54.2 Å². The van der Waals surface area contributed by atoms with Crippen molar-refractivity contribution in [3.63, 3.8) is 0 Å². The van der Waals surface area contributed by atoms with Crippen LogP contribution >= 0.6 is 0 Å². The van der Waals surface area contributed by atoms with E-state index < -0.39 is 0 Å². The van der Waals surface area contributed by atoms with Gasteiger partial charge in [0.05, 0.1) is 18.4 Å². The van der Waals surface area contributed by atoms with Gasteiger partial charge in [-0.05, 0) is 37.1 Å². The standard InChI is InChI=1S/C17H20N4O3/c22-16(13-3-1-7-18-11-13)20-14-5-8-21(9-6-14)17(23)19-12-15-4-2-10-24-15/h1-4,7,10-11,14H,5-6,8-9,12H2,(H,19,23)(H,20,22). The number of amides is 3. The van der Waals surface area contributed by atoms with Crippen LogP contribution in [0.15, 0.2) is 47.3 Å². The number of hydrogen-bond acceptors (Lipinski definition) is 4. The number of furan rings is 1. The van der Waals surface area contributed by atoms with Crippen molar-refractivity contribution < 1.29 is 14.0 Å². The van der Waals surface area contributed by atoms with E-state index in [0.717, 1.165) is 18.6 Å². The Labute approximate surface area is 140 Å². The lowest BCUT2D eigenvalue weighted by molar-refractivity contribution is 0.0917. The molecule has 0 radical (unpaired) electrons. The van der Waals surface area contributed by atoms with E-state index in [-0.39, 0.29) is 18.0 Å². The number of carbonyl (C=O) groups excluding carboxylic acids is 2. The monoisotopic (exact) mass is 328 g/mol. The molecule has 2 N–H and O–H groups in total. The number of aromatic nitrogens is 1. The third kappa shape index (κ3) is 4.13. The summed E-state index contributed by atoms with van der Waals surface area (Å²) >= 11 is 0. The topological polar surface area (TPSA) is 87.5 Å². The first-order valence-electron chi connectivity index (χ1n) is 7.98. The van der Waals surface area contributed by atoms with Crippen molar-refractivity contribution in [3.8, 4) is 0 Å². The summed E-state index contributed by atoms with van der Waals surface area (Å²) in [6.07, 6.45) is 6.24. The lowest BCUT2D eigenvalue weighted by Gasteiger charge is -2.32. The molecule has 126 valence electrons. The van der Waals surface area contributed by atoms with Gasteiger partial charge in [0, 0.05) is 31.5 Å². The highest BCUT2D eigenvalue weighted by molar-refractivity contribution is 5.94. The Bertz CT molecular complexity index is 664. The summed E-state index contributed by atoms with van der Waals surface area (Å²) in [5.41, 5.74) is 0.552. The number of urea groups is 1. The maximum Gasteiger partial charge on any atom is 0.317 e. The lowest BCUT2D eigenvalue weighted by Crippen LogP contribution is -2.49. The largest absolute Gasteiger partial charge is 0.467 e. The van der Waals surface area contributed by atoms with Crippen molar-refractivity contribution in [2.24, 2.45) is 0 Å². The molecule has 3 heterocycles. The van der Waals surface area contributed by atoms with E-state index in [0.29, 0.717) is 25.2 Å². The first-order chi connectivity index (χ1) is 11.7. The highest BCUT2D eigenvalue weighted by Gasteiger charge is 2.24. The number of nitrogens with zero attached hydrogens (tertiary/aromatic N) is 2. The van der Waals surface area contributed by atoms with Gasteiger partial charge in [0.1, 0.15) is 5.76 Å². The van der Waals surface area contributed by atoms with Crippen LogP contribution in [0.5, 0.6) is 0 Å². The van der Waals surface area contributed by atoms with E-state index in [9.17, 15) is 9.59 Å². The van der Waals surface area contributed by atoms with E-state index in [2.05, 4.69) is 15.6 Å².